The second kappa shape index (κ2) is 5.14. The SMILES string of the molecule is Cc1nc([C@@H]2CCCN2C[C@H]2CCS(=O)(=O)C2)cs1. The molecule has 1 aromatic heterocycles. The van der Waals surface area contributed by atoms with Crippen molar-refractivity contribution in [1.82, 2.24) is 9.88 Å². The fraction of sp³-hybridized carbons (Fsp3) is 0.769. The summed E-state index contributed by atoms with van der Waals surface area (Å²) in [5.74, 6) is 1.09. The zero-order valence-electron chi connectivity index (χ0n) is 11.2. The maximum atomic E-state index is 11.5. The summed E-state index contributed by atoms with van der Waals surface area (Å²) in [7, 11) is -2.76. The highest BCUT2D eigenvalue weighted by molar-refractivity contribution is 7.91. The molecule has 0 aromatic carbocycles. The molecule has 0 spiro atoms. The van der Waals surface area contributed by atoms with E-state index in [2.05, 4.69) is 15.3 Å². The first-order valence-corrected chi connectivity index (χ1v) is 9.60. The van der Waals surface area contributed by atoms with E-state index < -0.39 is 9.84 Å². The van der Waals surface area contributed by atoms with E-state index in [0.29, 0.717) is 23.5 Å². The first-order chi connectivity index (χ1) is 9.03. The minimum absolute atomic E-state index is 0.324. The maximum absolute atomic E-state index is 11.5. The second-order valence-corrected chi connectivity index (χ2v) is 9.00. The third kappa shape index (κ3) is 3.01. The molecule has 4 nitrogen and oxygen atoms in total. The first kappa shape index (κ1) is 13.5. The third-order valence-electron chi connectivity index (χ3n) is 4.16. The number of rotatable bonds is 3. The van der Waals surface area contributed by atoms with Crippen molar-refractivity contribution in [3.8, 4) is 0 Å². The average molecular weight is 300 g/mol. The van der Waals surface area contributed by atoms with Crippen LogP contribution in [0.3, 0.4) is 0 Å². The average Bonchev–Trinajstić information content (AvgIpc) is 3.00. The lowest BCUT2D eigenvalue weighted by atomic mass is 10.1. The van der Waals surface area contributed by atoms with Gasteiger partial charge in [-0.15, -0.1) is 11.3 Å². The summed E-state index contributed by atoms with van der Waals surface area (Å²) >= 11 is 1.70. The van der Waals surface area contributed by atoms with Crippen LogP contribution < -0.4 is 0 Å². The van der Waals surface area contributed by atoms with E-state index in [1.807, 2.05) is 6.92 Å². The molecule has 2 aliphatic heterocycles. The Morgan fingerprint density at radius 1 is 1.47 bits per heavy atom. The number of hydrogen-bond acceptors (Lipinski definition) is 5. The summed E-state index contributed by atoms with van der Waals surface area (Å²) in [5.41, 5.74) is 1.18. The molecule has 2 aliphatic rings. The Bertz CT molecular complexity index is 553. The van der Waals surface area contributed by atoms with Gasteiger partial charge in [0.15, 0.2) is 9.84 Å². The van der Waals surface area contributed by atoms with Crippen molar-refractivity contribution < 1.29 is 8.42 Å². The molecule has 3 heterocycles. The molecule has 0 saturated carbocycles. The lowest BCUT2D eigenvalue weighted by molar-refractivity contribution is 0.221. The van der Waals surface area contributed by atoms with Crippen LogP contribution in [0.2, 0.25) is 0 Å². The molecule has 19 heavy (non-hydrogen) atoms. The van der Waals surface area contributed by atoms with Gasteiger partial charge in [0.25, 0.3) is 0 Å². The molecule has 0 N–H and O–H groups in total. The molecule has 1 aromatic rings. The van der Waals surface area contributed by atoms with Crippen molar-refractivity contribution in [2.24, 2.45) is 5.92 Å². The summed E-state index contributed by atoms with van der Waals surface area (Å²) in [6.07, 6.45) is 3.19. The van der Waals surface area contributed by atoms with Crippen LogP contribution in [-0.2, 0) is 9.84 Å². The minimum Gasteiger partial charge on any atom is -0.294 e. The lowest BCUT2D eigenvalue weighted by Crippen LogP contribution is -2.30. The summed E-state index contributed by atoms with van der Waals surface area (Å²) in [6.45, 7) is 4.04. The number of likely N-dealkylation sites (tertiary alicyclic amines) is 1. The number of hydrogen-bond donors (Lipinski definition) is 0. The quantitative estimate of drug-likeness (QED) is 0.857. The van der Waals surface area contributed by atoms with E-state index in [4.69, 9.17) is 0 Å². The van der Waals surface area contributed by atoms with Crippen molar-refractivity contribution in [2.45, 2.75) is 32.2 Å². The molecule has 6 heteroatoms. The molecule has 0 bridgehead atoms. The van der Waals surface area contributed by atoms with Gasteiger partial charge in [0.1, 0.15) is 0 Å². The fourth-order valence-electron chi connectivity index (χ4n) is 3.26. The van der Waals surface area contributed by atoms with Crippen molar-refractivity contribution in [2.75, 3.05) is 24.6 Å². The van der Waals surface area contributed by atoms with E-state index in [1.54, 1.807) is 11.3 Å². The van der Waals surface area contributed by atoms with E-state index in [1.165, 1.54) is 12.1 Å². The second-order valence-electron chi connectivity index (χ2n) is 5.71. The highest BCUT2D eigenvalue weighted by atomic mass is 32.2. The predicted octanol–water partition coefficient (Wildman–Crippen LogP) is 2.02. The largest absolute Gasteiger partial charge is 0.294 e. The van der Waals surface area contributed by atoms with Crippen LogP contribution in [0.1, 0.15) is 36.0 Å². The number of sulfone groups is 1. The van der Waals surface area contributed by atoms with Gasteiger partial charge >= 0.3 is 0 Å². The van der Waals surface area contributed by atoms with E-state index in [-0.39, 0.29) is 0 Å². The van der Waals surface area contributed by atoms with Gasteiger partial charge in [-0.05, 0) is 38.6 Å². The molecule has 0 amide bonds. The highest BCUT2D eigenvalue weighted by Crippen LogP contribution is 2.34. The molecule has 3 rings (SSSR count). The Labute approximate surface area is 118 Å². The first-order valence-electron chi connectivity index (χ1n) is 6.90. The van der Waals surface area contributed by atoms with Gasteiger partial charge in [-0.25, -0.2) is 13.4 Å². The number of nitrogens with zero attached hydrogens (tertiary/aromatic N) is 2. The van der Waals surface area contributed by atoms with Crippen molar-refractivity contribution >= 4 is 21.2 Å². The standard InChI is InChI=1S/C13H20N2O2S2/c1-10-14-12(8-18-10)13-3-2-5-15(13)7-11-4-6-19(16,17)9-11/h8,11,13H,2-7,9H2,1H3/t11-,13+/m1/s1. The summed E-state index contributed by atoms with van der Waals surface area (Å²) in [5, 5.41) is 3.27. The van der Waals surface area contributed by atoms with Crippen LogP contribution in [0.4, 0.5) is 0 Å². The van der Waals surface area contributed by atoms with E-state index >= 15 is 0 Å². The smallest absolute Gasteiger partial charge is 0.150 e. The molecule has 0 aliphatic carbocycles. The summed E-state index contributed by atoms with van der Waals surface area (Å²) < 4.78 is 23.1. The van der Waals surface area contributed by atoms with Gasteiger partial charge in [0.2, 0.25) is 0 Å². The third-order valence-corrected chi connectivity index (χ3v) is 6.79. The van der Waals surface area contributed by atoms with Gasteiger partial charge in [0, 0.05) is 11.9 Å². The Morgan fingerprint density at radius 2 is 2.32 bits per heavy atom. The van der Waals surface area contributed by atoms with Crippen LogP contribution in [0.5, 0.6) is 0 Å². The van der Waals surface area contributed by atoms with Gasteiger partial charge in [-0.1, -0.05) is 0 Å². The van der Waals surface area contributed by atoms with Crippen molar-refractivity contribution in [3.05, 3.63) is 16.1 Å². The molecular weight excluding hydrogens is 280 g/mol. The number of thiazole rings is 1. The molecular formula is C13H20N2O2S2. The van der Waals surface area contributed by atoms with Crippen molar-refractivity contribution in [3.63, 3.8) is 0 Å². The van der Waals surface area contributed by atoms with Gasteiger partial charge in [-0.2, -0.15) is 0 Å². The Hall–Kier alpha value is -0.460. The summed E-state index contributed by atoms with van der Waals surface area (Å²) in [6, 6.07) is 0.410. The zero-order chi connectivity index (χ0) is 13.5. The molecule has 0 radical (unpaired) electrons. The molecule has 2 atom stereocenters. The van der Waals surface area contributed by atoms with E-state index in [0.717, 1.165) is 30.9 Å². The van der Waals surface area contributed by atoms with Crippen LogP contribution in [0, 0.1) is 12.8 Å². The van der Waals surface area contributed by atoms with Gasteiger partial charge in [0.05, 0.1) is 28.2 Å². The minimum atomic E-state index is -2.76. The maximum Gasteiger partial charge on any atom is 0.150 e. The van der Waals surface area contributed by atoms with E-state index in [9.17, 15) is 8.42 Å². The van der Waals surface area contributed by atoms with Crippen LogP contribution in [-0.4, -0.2) is 42.9 Å². The Kier molecular flexibility index (Phi) is 3.66. The van der Waals surface area contributed by atoms with Crippen molar-refractivity contribution in [1.29, 1.82) is 0 Å². The molecule has 2 saturated heterocycles. The summed E-state index contributed by atoms with van der Waals surface area (Å²) in [4.78, 5) is 7.05. The number of aryl methyl sites for hydroxylation is 1. The fourth-order valence-corrected chi connectivity index (χ4v) is 5.77. The Morgan fingerprint density at radius 3 is 2.95 bits per heavy atom. The zero-order valence-corrected chi connectivity index (χ0v) is 12.8. The van der Waals surface area contributed by atoms with Gasteiger partial charge in [-0.3, -0.25) is 4.90 Å². The van der Waals surface area contributed by atoms with Gasteiger partial charge < -0.3 is 0 Å². The lowest BCUT2D eigenvalue weighted by Gasteiger charge is -2.25. The molecule has 2 fully saturated rings. The molecule has 0 unspecified atom stereocenters. The number of aromatic nitrogens is 1. The van der Waals surface area contributed by atoms with Crippen LogP contribution in [0.25, 0.3) is 0 Å². The van der Waals surface area contributed by atoms with Crippen LogP contribution >= 0.6 is 11.3 Å². The Balaban J connectivity index is 1.67. The van der Waals surface area contributed by atoms with Crippen LogP contribution in [0.15, 0.2) is 5.38 Å². The monoisotopic (exact) mass is 300 g/mol. The predicted molar refractivity (Wildman–Crippen MR) is 77.2 cm³/mol. The normalized spacial score (nSPS) is 31.0. The topological polar surface area (TPSA) is 50.3 Å². The highest BCUT2D eigenvalue weighted by Gasteiger charge is 2.34. The molecule has 106 valence electrons.